The first-order valence-electron chi connectivity index (χ1n) is 9.19. The molecular weight excluding hydrogens is 293 g/mol. The van der Waals surface area contributed by atoms with E-state index in [9.17, 15) is 5.11 Å². The van der Waals surface area contributed by atoms with E-state index in [0.29, 0.717) is 0 Å². The van der Waals surface area contributed by atoms with Crippen molar-refractivity contribution >= 4 is 7.41 Å². The summed E-state index contributed by atoms with van der Waals surface area (Å²) in [7, 11) is 2.32. The number of benzene rings is 2. The van der Waals surface area contributed by atoms with Gasteiger partial charge in [-0.15, -0.1) is 0 Å². The Labute approximate surface area is 146 Å². The van der Waals surface area contributed by atoms with E-state index in [1.54, 1.807) is 0 Å². The zero-order chi connectivity index (χ0) is 16.8. The third-order valence-corrected chi connectivity index (χ3v) is 5.13. The molecular formula is C21H27BNO. The average Bonchev–Trinajstić information content (AvgIpc) is 3.12. The lowest BCUT2D eigenvalue weighted by atomic mass is 9.74. The Morgan fingerprint density at radius 1 is 1.04 bits per heavy atom. The molecule has 0 aromatic heterocycles. The molecule has 0 spiro atoms. The predicted octanol–water partition coefficient (Wildman–Crippen LogP) is 4.22. The number of nitrogens with zero attached hydrogens (tertiary/aromatic N) is 1. The highest BCUT2D eigenvalue weighted by Crippen LogP contribution is 2.40. The zero-order valence-corrected chi connectivity index (χ0v) is 14.6. The fourth-order valence-electron chi connectivity index (χ4n) is 3.85. The third kappa shape index (κ3) is 3.43. The highest BCUT2D eigenvalue weighted by Gasteiger charge is 2.44. The van der Waals surface area contributed by atoms with E-state index < -0.39 is 5.60 Å². The SMILES string of the molecule is CCCC[B]N1CCCC1C(O)(c1ccccc1)c1ccccc1. The van der Waals surface area contributed by atoms with Crippen LogP contribution in [-0.2, 0) is 5.60 Å². The summed E-state index contributed by atoms with van der Waals surface area (Å²) in [6.07, 6.45) is 5.65. The molecule has 1 saturated heterocycles. The van der Waals surface area contributed by atoms with Gasteiger partial charge in [0.05, 0.1) is 0 Å². The zero-order valence-electron chi connectivity index (χ0n) is 14.6. The van der Waals surface area contributed by atoms with Crippen LogP contribution in [0.2, 0.25) is 6.32 Å². The number of rotatable bonds is 7. The van der Waals surface area contributed by atoms with Gasteiger partial charge in [-0.3, -0.25) is 0 Å². The van der Waals surface area contributed by atoms with E-state index >= 15 is 0 Å². The van der Waals surface area contributed by atoms with Gasteiger partial charge in [-0.25, -0.2) is 0 Å². The van der Waals surface area contributed by atoms with Crippen molar-refractivity contribution in [2.75, 3.05) is 6.54 Å². The molecule has 125 valence electrons. The molecule has 1 atom stereocenters. The van der Waals surface area contributed by atoms with Gasteiger partial charge in [0.25, 0.3) is 0 Å². The molecule has 1 N–H and O–H groups in total. The number of aliphatic hydroxyl groups is 1. The maximum atomic E-state index is 11.9. The fraction of sp³-hybridized carbons (Fsp3) is 0.429. The highest BCUT2D eigenvalue weighted by molar-refractivity contribution is 6.32. The minimum absolute atomic E-state index is 0.0964. The Kier molecular flexibility index (Phi) is 5.75. The van der Waals surface area contributed by atoms with Crippen molar-refractivity contribution in [1.82, 2.24) is 4.81 Å². The average molecular weight is 320 g/mol. The van der Waals surface area contributed by atoms with Gasteiger partial charge in [0.2, 0.25) is 7.41 Å². The number of hydrogen-bond acceptors (Lipinski definition) is 2. The van der Waals surface area contributed by atoms with E-state index in [1.165, 1.54) is 12.8 Å². The van der Waals surface area contributed by atoms with Gasteiger partial charge < -0.3 is 9.92 Å². The van der Waals surface area contributed by atoms with Crippen LogP contribution in [0.15, 0.2) is 60.7 Å². The molecule has 1 radical (unpaired) electrons. The van der Waals surface area contributed by atoms with E-state index in [-0.39, 0.29) is 6.04 Å². The van der Waals surface area contributed by atoms with Crippen molar-refractivity contribution in [3.05, 3.63) is 71.8 Å². The molecule has 1 heterocycles. The lowest BCUT2D eigenvalue weighted by Gasteiger charge is -2.40. The molecule has 3 rings (SSSR count). The maximum absolute atomic E-state index is 11.9. The lowest BCUT2D eigenvalue weighted by Crippen LogP contribution is -2.49. The van der Waals surface area contributed by atoms with E-state index in [1.807, 2.05) is 36.4 Å². The van der Waals surface area contributed by atoms with Crippen LogP contribution >= 0.6 is 0 Å². The Morgan fingerprint density at radius 3 is 2.17 bits per heavy atom. The van der Waals surface area contributed by atoms with Gasteiger partial charge in [-0.05, 0) is 30.5 Å². The van der Waals surface area contributed by atoms with Crippen LogP contribution in [0.4, 0.5) is 0 Å². The molecule has 2 aromatic rings. The molecule has 1 fully saturated rings. The minimum atomic E-state index is -0.971. The molecule has 2 aromatic carbocycles. The monoisotopic (exact) mass is 320 g/mol. The summed E-state index contributed by atoms with van der Waals surface area (Å²) in [6.45, 7) is 3.26. The van der Waals surface area contributed by atoms with Crippen LogP contribution in [0.1, 0.15) is 43.7 Å². The first-order valence-corrected chi connectivity index (χ1v) is 9.19. The molecule has 2 nitrogen and oxygen atoms in total. The first-order chi connectivity index (χ1) is 11.8. The Bertz CT molecular complexity index is 577. The summed E-state index contributed by atoms with van der Waals surface area (Å²) in [6, 6.07) is 20.4. The topological polar surface area (TPSA) is 23.5 Å². The van der Waals surface area contributed by atoms with Crippen molar-refractivity contribution in [3.8, 4) is 0 Å². The fourth-order valence-corrected chi connectivity index (χ4v) is 3.85. The van der Waals surface area contributed by atoms with Crippen LogP contribution in [0, 0.1) is 0 Å². The second kappa shape index (κ2) is 8.00. The molecule has 3 heteroatoms. The first kappa shape index (κ1) is 17.3. The molecule has 24 heavy (non-hydrogen) atoms. The smallest absolute Gasteiger partial charge is 0.208 e. The summed E-state index contributed by atoms with van der Waals surface area (Å²) in [4.78, 5) is 2.38. The second-order valence-electron chi connectivity index (χ2n) is 6.72. The van der Waals surface area contributed by atoms with Crippen molar-refractivity contribution in [3.63, 3.8) is 0 Å². The van der Waals surface area contributed by atoms with Gasteiger partial charge in [0, 0.05) is 6.04 Å². The van der Waals surface area contributed by atoms with Gasteiger partial charge >= 0.3 is 0 Å². The van der Waals surface area contributed by atoms with Gasteiger partial charge in [0.1, 0.15) is 5.60 Å². The third-order valence-electron chi connectivity index (χ3n) is 5.13. The molecule has 1 unspecified atom stereocenters. The minimum Gasteiger partial charge on any atom is -0.379 e. The summed E-state index contributed by atoms with van der Waals surface area (Å²) in [5, 5.41) is 11.9. The largest absolute Gasteiger partial charge is 0.379 e. The predicted molar refractivity (Wildman–Crippen MR) is 101 cm³/mol. The number of hydrogen-bond donors (Lipinski definition) is 1. The highest BCUT2D eigenvalue weighted by atomic mass is 16.3. The van der Waals surface area contributed by atoms with E-state index in [4.69, 9.17) is 0 Å². The molecule has 0 aliphatic carbocycles. The van der Waals surface area contributed by atoms with Crippen LogP contribution in [-0.4, -0.2) is 29.9 Å². The van der Waals surface area contributed by atoms with Crippen molar-refractivity contribution in [1.29, 1.82) is 0 Å². The number of unbranched alkanes of at least 4 members (excludes halogenated alkanes) is 1. The second-order valence-corrected chi connectivity index (χ2v) is 6.72. The van der Waals surface area contributed by atoms with Crippen molar-refractivity contribution < 1.29 is 5.11 Å². The van der Waals surface area contributed by atoms with Gasteiger partial charge in [-0.2, -0.15) is 0 Å². The Balaban J connectivity index is 1.96. The van der Waals surface area contributed by atoms with Crippen LogP contribution in [0.3, 0.4) is 0 Å². The summed E-state index contributed by atoms with van der Waals surface area (Å²) in [5.41, 5.74) is 0.996. The summed E-state index contributed by atoms with van der Waals surface area (Å²) >= 11 is 0. The lowest BCUT2D eigenvalue weighted by molar-refractivity contribution is 0.0197. The van der Waals surface area contributed by atoms with E-state index in [2.05, 4.69) is 43.4 Å². The Hall–Kier alpha value is -1.58. The molecule has 1 aliphatic heterocycles. The van der Waals surface area contributed by atoms with Gasteiger partial charge in [-0.1, -0.05) is 86.7 Å². The summed E-state index contributed by atoms with van der Waals surface area (Å²) < 4.78 is 0. The molecule has 0 amide bonds. The normalized spacial score (nSPS) is 18.7. The van der Waals surface area contributed by atoms with Crippen molar-refractivity contribution in [2.45, 2.75) is 50.6 Å². The van der Waals surface area contributed by atoms with Gasteiger partial charge in [0.15, 0.2) is 0 Å². The quantitative estimate of drug-likeness (QED) is 0.610. The van der Waals surface area contributed by atoms with Crippen LogP contribution in [0.25, 0.3) is 0 Å². The van der Waals surface area contributed by atoms with Crippen molar-refractivity contribution in [2.24, 2.45) is 0 Å². The molecule has 0 bridgehead atoms. The summed E-state index contributed by atoms with van der Waals surface area (Å²) in [5.74, 6) is 0. The Morgan fingerprint density at radius 2 is 1.62 bits per heavy atom. The van der Waals surface area contributed by atoms with E-state index in [0.717, 1.165) is 36.8 Å². The maximum Gasteiger partial charge on any atom is 0.208 e. The molecule has 0 saturated carbocycles. The van der Waals surface area contributed by atoms with Crippen LogP contribution in [0.5, 0.6) is 0 Å². The van der Waals surface area contributed by atoms with Crippen LogP contribution < -0.4 is 0 Å². The molecule has 1 aliphatic rings. The standard InChI is InChI=1S/C21H27BNO/c1-2-3-16-22-23-17-10-15-20(23)21(24,18-11-6-4-7-12-18)19-13-8-5-9-14-19/h4-9,11-14,20,24H,2-3,10,15-17H2,1H3.